The minimum Gasteiger partial charge on any atom is -0.310 e. The summed E-state index contributed by atoms with van der Waals surface area (Å²) in [5, 5.41) is 0. The standard InChI is InChI=1S/C13H11NO3/c1-7(15)10-12(16)9-4-2-3-8-5-6-14(11(8)9)13(10)17/h2-4,10H,5-6H2,1H3. The number of para-hydroxylation sites is 1. The van der Waals surface area contributed by atoms with Crippen molar-refractivity contribution >= 4 is 23.2 Å². The van der Waals surface area contributed by atoms with Crippen LogP contribution in [0.5, 0.6) is 0 Å². The molecule has 2 heterocycles. The number of hydrogen-bond acceptors (Lipinski definition) is 3. The Morgan fingerprint density at radius 2 is 2.12 bits per heavy atom. The minimum atomic E-state index is -1.13. The number of ketones is 2. The van der Waals surface area contributed by atoms with Crippen molar-refractivity contribution in [2.45, 2.75) is 13.3 Å². The third-order valence-corrected chi connectivity index (χ3v) is 3.44. The molecule has 0 N–H and O–H groups in total. The van der Waals surface area contributed by atoms with Crippen LogP contribution in [0.25, 0.3) is 0 Å². The quantitative estimate of drug-likeness (QED) is 0.674. The van der Waals surface area contributed by atoms with Gasteiger partial charge in [-0.05, 0) is 25.0 Å². The second-order valence-electron chi connectivity index (χ2n) is 4.46. The van der Waals surface area contributed by atoms with E-state index in [1.54, 1.807) is 11.0 Å². The Hall–Kier alpha value is -1.97. The molecule has 0 aliphatic carbocycles. The molecular formula is C13H11NO3. The Bertz CT molecular complexity index is 562. The normalized spacial score (nSPS) is 21.7. The molecule has 17 heavy (non-hydrogen) atoms. The van der Waals surface area contributed by atoms with Crippen LogP contribution in [0.2, 0.25) is 0 Å². The summed E-state index contributed by atoms with van der Waals surface area (Å²) >= 11 is 0. The number of carbonyl (C=O) groups excluding carboxylic acids is 3. The number of amides is 1. The number of hydrogen-bond donors (Lipinski definition) is 0. The number of rotatable bonds is 1. The summed E-state index contributed by atoms with van der Waals surface area (Å²) in [6.07, 6.45) is 0.757. The Morgan fingerprint density at radius 1 is 1.35 bits per heavy atom. The molecule has 1 aromatic rings. The maximum Gasteiger partial charge on any atom is 0.245 e. The Balaban J connectivity index is 2.24. The number of anilines is 1. The summed E-state index contributed by atoms with van der Waals surface area (Å²) in [7, 11) is 0. The van der Waals surface area contributed by atoms with Crippen LogP contribution in [-0.4, -0.2) is 24.0 Å². The number of carbonyl (C=O) groups is 3. The lowest BCUT2D eigenvalue weighted by Crippen LogP contribution is -2.46. The lowest BCUT2D eigenvalue weighted by molar-refractivity contribution is -0.129. The number of nitrogens with zero attached hydrogens (tertiary/aromatic N) is 1. The van der Waals surface area contributed by atoms with Crippen molar-refractivity contribution in [2.75, 3.05) is 11.4 Å². The fourth-order valence-corrected chi connectivity index (χ4v) is 2.66. The van der Waals surface area contributed by atoms with E-state index in [1.807, 2.05) is 12.1 Å². The Labute approximate surface area is 98.2 Å². The monoisotopic (exact) mass is 229 g/mol. The smallest absolute Gasteiger partial charge is 0.245 e. The Kier molecular flexibility index (Phi) is 1.96. The van der Waals surface area contributed by atoms with E-state index in [9.17, 15) is 14.4 Å². The zero-order valence-electron chi connectivity index (χ0n) is 9.40. The molecule has 1 aromatic carbocycles. The van der Waals surface area contributed by atoms with Crippen LogP contribution < -0.4 is 4.90 Å². The van der Waals surface area contributed by atoms with Gasteiger partial charge in [0.15, 0.2) is 11.7 Å². The lowest BCUT2D eigenvalue weighted by Gasteiger charge is -2.28. The molecule has 0 spiro atoms. The SMILES string of the molecule is CC(=O)C1C(=O)c2cccc3c2N(CC3)C1=O. The molecule has 0 saturated heterocycles. The van der Waals surface area contributed by atoms with Crippen LogP contribution in [-0.2, 0) is 16.0 Å². The highest BCUT2D eigenvalue weighted by Gasteiger charge is 2.44. The summed E-state index contributed by atoms with van der Waals surface area (Å²) in [5.41, 5.74) is 2.26. The number of Topliss-reactive ketones (excluding diaryl/α,β-unsaturated/α-hetero) is 2. The topological polar surface area (TPSA) is 54.5 Å². The third kappa shape index (κ3) is 1.21. The van der Waals surface area contributed by atoms with Crippen LogP contribution in [0.15, 0.2) is 18.2 Å². The van der Waals surface area contributed by atoms with Gasteiger partial charge in [-0.1, -0.05) is 12.1 Å². The van der Waals surface area contributed by atoms with Gasteiger partial charge in [-0.3, -0.25) is 14.4 Å². The molecular weight excluding hydrogens is 218 g/mol. The molecule has 4 nitrogen and oxygen atoms in total. The van der Waals surface area contributed by atoms with Crippen LogP contribution >= 0.6 is 0 Å². The van der Waals surface area contributed by atoms with E-state index in [0.29, 0.717) is 12.1 Å². The van der Waals surface area contributed by atoms with Crippen molar-refractivity contribution in [1.29, 1.82) is 0 Å². The first-order chi connectivity index (χ1) is 8.11. The van der Waals surface area contributed by atoms with Crippen LogP contribution in [0.1, 0.15) is 22.8 Å². The van der Waals surface area contributed by atoms with Gasteiger partial charge in [-0.25, -0.2) is 0 Å². The minimum absolute atomic E-state index is 0.350. The molecule has 0 bridgehead atoms. The fourth-order valence-electron chi connectivity index (χ4n) is 2.66. The van der Waals surface area contributed by atoms with Crippen LogP contribution in [0.3, 0.4) is 0 Å². The van der Waals surface area contributed by atoms with Gasteiger partial charge in [0.1, 0.15) is 5.78 Å². The molecule has 0 radical (unpaired) electrons. The first-order valence-electron chi connectivity index (χ1n) is 5.59. The van der Waals surface area contributed by atoms with Gasteiger partial charge in [-0.2, -0.15) is 0 Å². The van der Waals surface area contributed by atoms with E-state index < -0.39 is 5.92 Å². The molecule has 0 saturated carbocycles. The Morgan fingerprint density at radius 3 is 2.82 bits per heavy atom. The molecule has 2 aliphatic rings. The van der Waals surface area contributed by atoms with E-state index in [2.05, 4.69) is 0 Å². The first kappa shape index (κ1) is 10.2. The van der Waals surface area contributed by atoms with Crippen molar-refractivity contribution in [3.05, 3.63) is 29.3 Å². The molecule has 3 rings (SSSR count). The second-order valence-corrected chi connectivity index (χ2v) is 4.46. The molecule has 1 amide bonds. The van der Waals surface area contributed by atoms with E-state index in [1.165, 1.54) is 6.92 Å². The van der Waals surface area contributed by atoms with E-state index in [4.69, 9.17) is 0 Å². The maximum absolute atomic E-state index is 12.1. The highest BCUT2D eigenvalue weighted by atomic mass is 16.2. The molecule has 2 aliphatic heterocycles. The highest BCUT2D eigenvalue weighted by molar-refractivity contribution is 6.31. The molecule has 0 aromatic heterocycles. The summed E-state index contributed by atoms with van der Waals surface area (Å²) in [6, 6.07) is 5.43. The van der Waals surface area contributed by atoms with E-state index >= 15 is 0 Å². The van der Waals surface area contributed by atoms with Crippen molar-refractivity contribution in [3.8, 4) is 0 Å². The lowest BCUT2D eigenvalue weighted by atomic mass is 9.87. The molecule has 1 atom stereocenters. The van der Waals surface area contributed by atoms with Gasteiger partial charge in [0, 0.05) is 12.1 Å². The molecule has 1 unspecified atom stereocenters. The van der Waals surface area contributed by atoms with Gasteiger partial charge in [-0.15, -0.1) is 0 Å². The van der Waals surface area contributed by atoms with Gasteiger partial charge < -0.3 is 4.90 Å². The van der Waals surface area contributed by atoms with Gasteiger partial charge in [0.2, 0.25) is 5.91 Å². The summed E-state index contributed by atoms with van der Waals surface area (Å²) in [5.74, 6) is -2.21. The largest absolute Gasteiger partial charge is 0.310 e. The zero-order chi connectivity index (χ0) is 12.2. The van der Waals surface area contributed by atoms with Crippen molar-refractivity contribution < 1.29 is 14.4 Å². The van der Waals surface area contributed by atoms with Crippen molar-refractivity contribution in [2.24, 2.45) is 5.92 Å². The molecule has 86 valence electrons. The second kappa shape index (κ2) is 3.26. The first-order valence-corrected chi connectivity index (χ1v) is 5.59. The summed E-state index contributed by atoms with van der Waals surface area (Å²) in [4.78, 5) is 37.2. The fraction of sp³-hybridized carbons (Fsp3) is 0.308. The van der Waals surface area contributed by atoms with E-state index in [-0.39, 0.29) is 17.5 Å². The summed E-state index contributed by atoms with van der Waals surface area (Å²) in [6.45, 7) is 1.87. The average molecular weight is 229 g/mol. The van der Waals surface area contributed by atoms with Gasteiger partial charge in [0.25, 0.3) is 0 Å². The van der Waals surface area contributed by atoms with E-state index in [0.717, 1.165) is 17.7 Å². The highest BCUT2D eigenvalue weighted by Crippen LogP contribution is 2.38. The third-order valence-electron chi connectivity index (χ3n) is 3.44. The van der Waals surface area contributed by atoms with Gasteiger partial charge in [0.05, 0.1) is 5.69 Å². The molecule has 4 heteroatoms. The molecule has 0 fully saturated rings. The maximum atomic E-state index is 12.1. The van der Waals surface area contributed by atoms with Crippen molar-refractivity contribution in [1.82, 2.24) is 0 Å². The zero-order valence-corrected chi connectivity index (χ0v) is 9.40. The number of benzene rings is 1. The predicted octanol–water partition coefficient (Wildman–Crippen LogP) is 0.977. The predicted molar refractivity (Wildman–Crippen MR) is 61.0 cm³/mol. The summed E-state index contributed by atoms with van der Waals surface area (Å²) < 4.78 is 0. The van der Waals surface area contributed by atoms with Crippen LogP contribution in [0, 0.1) is 5.92 Å². The van der Waals surface area contributed by atoms with Gasteiger partial charge >= 0.3 is 0 Å². The average Bonchev–Trinajstić information content (AvgIpc) is 2.70. The van der Waals surface area contributed by atoms with Crippen molar-refractivity contribution in [3.63, 3.8) is 0 Å². The van der Waals surface area contributed by atoms with Crippen LogP contribution in [0.4, 0.5) is 5.69 Å².